The molecule has 116 valence electrons. The first-order valence-corrected chi connectivity index (χ1v) is 6.53. The van der Waals surface area contributed by atoms with Crippen molar-refractivity contribution in [2.24, 2.45) is 0 Å². The number of benzene rings is 1. The molecular formula is C13H16F3N3O2. The van der Waals surface area contributed by atoms with Crippen molar-refractivity contribution in [2.75, 3.05) is 33.2 Å². The van der Waals surface area contributed by atoms with E-state index in [1.807, 2.05) is 11.9 Å². The lowest BCUT2D eigenvalue weighted by atomic mass is 10.0. The lowest BCUT2D eigenvalue weighted by molar-refractivity contribution is -0.386. The van der Waals surface area contributed by atoms with E-state index in [1.54, 1.807) is 0 Å². The van der Waals surface area contributed by atoms with Crippen molar-refractivity contribution in [3.63, 3.8) is 0 Å². The summed E-state index contributed by atoms with van der Waals surface area (Å²) in [6.07, 6.45) is -4.59. The molecule has 0 amide bonds. The van der Waals surface area contributed by atoms with Crippen LogP contribution in [0.2, 0.25) is 0 Å². The Labute approximate surface area is 120 Å². The van der Waals surface area contributed by atoms with Crippen LogP contribution in [0.4, 0.5) is 18.9 Å². The standard InChI is InChI=1S/C13H16F3N3O2/c1-17-5-7-18(8-6-17)9-10-11(13(14,15)16)3-2-4-12(10)19(20)21/h2-4H,5-9H2,1H3. The Morgan fingerprint density at radius 2 is 1.86 bits per heavy atom. The molecule has 1 aliphatic heterocycles. The van der Waals surface area contributed by atoms with E-state index in [4.69, 9.17) is 0 Å². The number of rotatable bonds is 3. The Morgan fingerprint density at radius 3 is 2.38 bits per heavy atom. The third-order valence-corrected chi connectivity index (χ3v) is 3.63. The second-order valence-corrected chi connectivity index (χ2v) is 5.14. The largest absolute Gasteiger partial charge is 0.416 e. The van der Waals surface area contributed by atoms with Crippen LogP contribution in [-0.2, 0) is 12.7 Å². The van der Waals surface area contributed by atoms with E-state index >= 15 is 0 Å². The average Bonchev–Trinajstić information content (AvgIpc) is 2.40. The molecule has 1 fully saturated rings. The monoisotopic (exact) mass is 303 g/mol. The van der Waals surface area contributed by atoms with Gasteiger partial charge in [-0.2, -0.15) is 13.2 Å². The maximum atomic E-state index is 13.1. The molecule has 1 aromatic rings. The number of alkyl halides is 3. The Bertz CT molecular complexity index is 526. The number of nitro groups is 1. The van der Waals surface area contributed by atoms with Gasteiger partial charge in [0.25, 0.3) is 5.69 Å². The van der Waals surface area contributed by atoms with Crippen LogP contribution in [0.25, 0.3) is 0 Å². The number of hydrogen-bond acceptors (Lipinski definition) is 4. The topological polar surface area (TPSA) is 49.6 Å². The lowest BCUT2D eigenvalue weighted by Gasteiger charge is -2.32. The van der Waals surface area contributed by atoms with Crippen LogP contribution in [0.1, 0.15) is 11.1 Å². The Morgan fingerprint density at radius 1 is 1.24 bits per heavy atom. The van der Waals surface area contributed by atoms with Crippen molar-refractivity contribution in [3.05, 3.63) is 39.4 Å². The smallest absolute Gasteiger partial charge is 0.304 e. The summed E-state index contributed by atoms with van der Waals surface area (Å²) < 4.78 is 39.2. The van der Waals surface area contributed by atoms with Gasteiger partial charge in [0, 0.05) is 38.8 Å². The Kier molecular flexibility index (Phi) is 4.48. The van der Waals surface area contributed by atoms with Crippen molar-refractivity contribution < 1.29 is 18.1 Å². The van der Waals surface area contributed by atoms with Gasteiger partial charge in [-0.3, -0.25) is 15.0 Å². The molecule has 0 saturated carbocycles. The molecule has 2 rings (SSSR count). The highest BCUT2D eigenvalue weighted by Crippen LogP contribution is 2.36. The van der Waals surface area contributed by atoms with Crippen LogP contribution in [0, 0.1) is 10.1 Å². The highest BCUT2D eigenvalue weighted by Gasteiger charge is 2.37. The van der Waals surface area contributed by atoms with Gasteiger partial charge in [-0.25, -0.2) is 0 Å². The zero-order valence-corrected chi connectivity index (χ0v) is 11.6. The van der Waals surface area contributed by atoms with E-state index < -0.39 is 22.4 Å². The van der Waals surface area contributed by atoms with E-state index in [1.165, 1.54) is 0 Å². The summed E-state index contributed by atoms with van der Waals surface area (Å²) in [6.45, 7) is 2.61. The van der Waals surface area contributed by atoms with Gasteiger partial charge >= 0.3 is 6.18 Å². The van der Waals surface area contributed by atoms with Gasteiger partial charge in [0.15, 0.2) is 0 Å². The van der Waals surface area contributed by atoms with Crippen molar-refractivity contribution in [3.8, 4) is 0 Å². The zero-order valence-electron chi connectivity index (χ0n) is 11.6. The molecule has 1 saturated heterocycles. The first-order valence-electron chi connectivity index (χ1n) is 6.53. The van der Waals surface area contributed by atoms with Gasteiger partial charge in [0.2, 0.25) is 0 Å². The second kappa shape index (κ2) is 5.98. The van der Waals surface area contributed by atoms with Crippen LogP contribution in [0.3, 0.4) is 0 Å². The number of likely N-dealkylation sites (N-methyl/N-ethyl adjacent to an activating group) is 1. The van der Waals surface area contributed by atoms with Crippen molar-refractivity contribution in [2.45, 2.75) is 12.7 Å². The minimum atomic E-state index is -4.59. The molecule has 0 aromatic heterocycles. The molecule has 1 aromatic carbocycles. The fourth-order valence-electron chi connectivity index (χ4n) is 2.41. The summed E-state index contributed by atoms with van der Waals surface area (Å²) >= 11 is 0. The first-order chi connectivity index (χ1) is 9.79. The summed E-state index contributed by atoms with van der Waals surface area (Å²) in [5, 5.41) is 11.0. The normalized spacial score (nSPS) is 17.9. The van der Waals surface area contributed by atoms with E-state index in [2.05, 4.69) is 4.90 Å². The van der Waals surface area contributed by atoms with Crippen LogP contribution < -0.4 is 0 Å². The van der Waals surface area contributed by atoms with Crippen molar-refractivity contribution >= 4 is 5.69 Å². The lowest BCUT2D eigenvalue weighted by Crippen LogP contribution is -2.44. The van der Waals surface area contributed by atoms with Gasteiger partial charge < -0.3 is 4.90 Å². The molecule has 0 spiro atoms. The maximum absolute atomic E-state index is 13.1. The van der Waals surface area contributed by atoms with Crippen LogP contribution >= 0.6 is 0 Å². The molecule has 0 bridgehead atoms. The third kappa shape index (κ3) is 3.70. The minimum Gasteiger partial charge on any atom is -0.304 e. The van der Waals surface area contributed by atoms with Gasteiger partial charge in [-0.05, 0) is 13.1 Å². The predicted molar refractivity (Wildman–Crippen MR) is 70.9 cm³/mol. The van der Waals surface area contributed by atoms with E-state index in [-0.39, 0.29) is 12.1 Å². The summed E-state index contributed by atoms with van der Waals surface area (Å²) in [7, 11) is 1.93. The molecule has 21 heavy (non-hydrogen) atoms. The molecule has 5 nitrogen and oxygen atoms in total. The molecular weight excluding hydrogens is 287 g/mol. The molecule has 0 radical (unpaired) electrons. The number of nitro benzene ring substituents is 1. The number of halogens is 3. The summed E-state index contributed by atoms with van der Waals surface area (Å²) in [6, 6.07) is 3.10. The fourth-order valence-corrected chi connectivity index (χ4v) is 2.41. The number of nitrogens with zero attached hydrogens (tertiary/aromatic N) is 3. The zero-order chi connectivity index (χ0) is 15.6. The number of hydrogen-bond donors (Lipinski definition) is 0. The SMILES string of the molecule is CN1CCN(Cc2c([N+](=O)[O-])cccc2C(F)(F)F)CC1. The van der Waals surface area contributed by atoms with Crippen molar-refractivity contribution in [1.29, 1.82) is 0 Å². The fraction of sp³-hybridized carbons (Fsp3) is 0.538. The third-order valence-electron chi connectivity index (χ3n) is 3.63. The summed E-state index contributed by atoms with van der Waals surface area (Å²) in [5.41, 5.74) is -1.64. The quantitative estimate of drug-likeness (QED) is 0.635. The van der Waals surface area contributed by atoms with Crippen molar-refractivity contribution in [1.82, 2.24) is 9.80 Å². The molecule has 0 unspecified atom stereocenters. The average molecular weight is 303 g/mol. The summed E-state index contributed by atoms with van der Waals surface area (Å²) in [5.74, 6) is 0. The first kappa shape index (κ1) is 15.7. The molecule has 0 atom stereocenters. The van der Waals surface area contributed by atoms with E-state index in [9.17, 15) is 23.3 Å². The van der Waals surface area contributed by atoms with Gasteiger partial charge in [-0.1, -0.05) is 6.07 Å². The molecule has 0 aliphatic carbocycles. The van der Waals surface area contributed by atoms with Gasteiger partial charge in [0.05, 0.1) is 16.1 Å². The highest BCUT2D eigenvalue weighted by molar-refractivity contribution is 5.46. The maximum Gasteiger partial charge on any atom is 0.416 e. The van der Waals surface area contributed by atoms with Crippen LogP contribution in [0.15, 0.2) is 18.2 Å². The molecule has 1 heterocycles. The second-order valence-electron chi connectivity index (χ2n) is 5.14. The molecule has 0 N–H and O–H groups in total. The van der Waals surface area contributed by atoms with E-state index in [0.717, 1.165) is 31.3 Å². The van der Waals surface area contributed by atoms with Crippen LogP contribution in [0.5, 0.6) is 0 Å². The molecule has 8 heteroatoms. The molecule has 1 aliphatic rings. The van der Waals surface area contributed by atoms with Gasteiger partial charge in [-0.15, -0.1) is 0 Å². The van der Waals surface area contributed by atoms with Crippen LogP contribution in [-0.4, -0.2) is 47.9 Å². The number of piperazine rings is 1. The van der Waals surface area contributed by atoms with Gasteiger partial charge in [0.1, 0.15) is 0 Å². The van der Waals surface area contributed by atoms with E-state index in [0.29, 0.717) is 13.1 Å². The minimum absolute atomic E-state index is 0.0557. The Balaban J connectivity index is 2.33. The predicted octanol–water partition coefficient (Wildman–Crippen LogP) is 2.36. The summed E-state index contributed by atoms with van der Waals surface area (Å²) in [4.78, 5) is 14.1. The Hall–Kier alpha value is -1.67. The highest BCUT2D eigenvalue weighted by atomic mass is 19.4.